The van der Waals surface area contributed by atoms with Crippen molar-refractivity contribution in [2.75, 3.05) is 63.9 Å². The van der Waals surface area contributed by atoms with E-state index in [1.165, 1.54) is 71.0 Å². The summed E-state index contributed by atoms with van der Waals surface area (Å²) >= 11 is 2.45. The van der Waals surface area contributed by atoms with Gasteiger partial charge in [0.25, 0.3) is 5.91 Å². The average molecular weight is 1150 g/mol. The molecular weight excluding hydrogens is 1090 g/mol. The topological polar surface area (TPSA) is 241 Å². The summed E-state index contributed by atoms with van der Waals surface area (Å²) in [7, 11) is 0. The molecule has 19 nitrogen and oxygen atoms in total. The Balaban J connectivity index is 0.891. The number of hydrogen-bond acceptors (Lipinski definition) is 18. The fourth-order valence-corrected chi connectivity index (χ4v) is 13.1. The number of aliphatic hydroxyl groups is 1. The molecule has 24 heteroatoms. The maximum atomic E-state index is 15.9. The molecule has 3 aromatic carbocycles. The number of fused-ring (bicyclic) bond motifs is 2. The van der Waals surface area contributed by atoms with E-state index in [1.54, 1.807) is 51.4 Å². The molecule has 5 N–H and O–H groups in total. The van der Waals surface area contributed by atoms with Crippen molar-refractivity contribution in [2.24, 2.45) is 21.3 Å². The summed E-state index contributed by atoms with van der Waals surface area (Å²) in [6.07, 6.45) is 3.30. The predicted octanol–water partition coefficient (Wildman–Crippen LogP) is 5.84. The highest BCUT2D eigenvalue weighted by molar-refractivity contribution is 7.13. The number of thiazole rings is 2. The van der Waals surface area contributed by atoms with E-state index in [0.717, 1.165) is 11.3 Å². The Hall–Kier alpha value is -7.64. The van der Waals surface area contributed by atoms with Crippen LogP contribution in [0.1, 0.15) is 86.3 Å². The van der Waals surface area contributed by atoms with Gasteiger partial charge in [0.2, 0.25) is 5.91 Å². The number of rotatable bonds is 15. The van der Waals surface area contributed by atoms with E-state index < -0.39 is 70.1 Å². The zero-order valence-corrected chi connectivity index (χ0v) is 46.2. The van der Waals surface area contributed by atoms with Crippen molar-refractivity contribution in [2.45, 2.75) is 70.5 Å². The molecular formula is C57H57F3N10O9S2. The molecule has 6 atom stereocenters. The molecule has 2 aromatic heterocycles. The molecule has 11 rings (SSSR count). The van der Waals surface area contributed by atoms with E-state index in [0.29, 0.717) is 55.5 Å². The van der Waals surface area contributed by atoms with Crippen molar-refractivity contribution in [3.05, 3.63) is 155 Å². The first-order valence-corrected chi connectivity index (χ1v) is 28.1. The molecule has 5 aromatic rings. The second-order valence-electron chi connectivity index (χ2n) is 21.3. The Morgan fingerprint density at radius 1 is 0.815 bits per heavy atom. The van der Waals surface area contributed by atoms with Gasteiger partial charge in [-0.25, -0.2) is 37.5 Å². The number of nitrogens with zero attached hydrogens (tertiary/aromatic N) is 7. The van der Waals surface area contributed by atoms with Gasteiger partial charge in [0, 0.05) is 86.5 Å². The van der Waals surface area contributed by atoms with E-state index in [1.807, 2.05) is 9.80 Å². The molecule has 0 bridgehead atoms. The third kappa shape index (κ3) is 10.1. The van der Waals surface area contributed by atoms with Gasteiger partial charge in [-0.05, 0) is 99.3 Å². The summed E-state index contributed by atoms with van der Waals surface area (Å²) in [6.45, 7) is 7.19. The maximum absolute atomic E-state index is 15.9. The molecule has 422 valence electrons. The van der Waals surface area contributed by atoms with Crippen LogP contribution in [-0.2, 0) is 35.3 Å². The molecule has 8 heterocycles. The summed E-state index contributed by atoms with van der Waals surface area (Å²) in [5.41, 5.74) is -2.12. The monoisotopic (exact) mass is 1150 g/mol. The average Bonchev–Trinajstić information content (AvgIpc) is 4.42. The first-order valence-electron chi connectivity index (χ1n) is 26.4. The largest absolute Gasteiger partial charge is 0.478 e. The first kappa shape index (κ1) is 55.3. The number of amidine groups is 2. The van der Waals surface area contributed by atoms with Gasteiger partial charge >= 0.3 is 17.9 Å². The summed E-state index contributed by atoms with van der Waals surface area (Å²) in [6, 6.07) is 12.8. The van der Waals surface area contributed by atoms with Gasteiger partial charge in [-0.1, -0.05) is 24.3 Å². The minimum absolute atomic E-state index is 0.0106. The van der Waals surface area contributed by atoms with Crippen LogP contribution in [0.15, 0.2) is 111 Å². The molecule has 0 spiro atoms. The maximum Gasteiger partial charge on any atom is 0.338 e. The summed E-state index contributed by atoms with van der Waals surface area (Å²) in [4.78, 5) is 92.3. The van der Waals surface area contributed by atoms with Crippen LogP contribution in [0.3, 0.4) is 0 Å². The SMILES string of the molecule is CCOC(=O)C1=C(CN2CC[C@@]3(C)C(=O)N(c4ccc(C(=O)O)cc4)C[C@@]3(O)C2)NC(c2ncc(COC(=O)C3=C(CN4CC[C@]5(F)C(=O)NC[C@@H]5C4)NC(c4nccs4)=N[C@H]3c3cccc(F)c3C)s2)=N[C@H]1c1cccc(F)c1C. The van der Waals surface area contributed by atoms with Gasteiger partial charge in [0.05, 0.1) is 40.2 Å². The number of benzene rings is 3. The predicted molar refractivity (Wildman–Crippen MR) is 293 cm³/mol. The van der Waals surface area contributed by atoms with Gasteiger partial charge in [-0.3, -0.25) is 29.4 Å². The number of nitrogens with one attached hydrogen (secondary N) is 3. The van der Waals surface area contributed by atoms with Crippen LogP contribution in [0.25, 0.3) is 0 Å². The van der Waals surface area contributed by atoms with Crippen molar-refractivity contribution in [1.29, 1.82) is 0 Å². The number of alkyl halides is 1. The van der Waals surface area contributed by atoms with Crippen LogP contribution in [0.4, 0.5) is 18.9 Å². The fraction of sp³-hybridized carbons (Fsp3) is 0.386. The molecule has 0 unspecified atom stereocenters. The molecule has 0 saturated carbocycles. The number of aliphatic imine (C=N–C) groups is 2. The number of halogens is 3. The van der Waals surface area contributed by atoms with Crippen LogP contribution in [0.5, 0.6) is 0 Å². The smallest absolute Gasteiger partial charge is 0.338 e. The minimum Gasteiger partial charge on any atom is -0.478 e. The van der Waals surface area contributed by atoms with Crippen LogP contribution >= 0.6 is 22.7 Å². The molecule has 6 aliphatic heterocycles. The third-order valence-corrected chi connectivity index (χ3v) is 18.2. The lowest BCUT2D eigenvalue weighted by atomic mass is 9.70. The Bertz CT molecular complexity index is 3520. The molecule has 81 heavy (non-hydrogen) atoms. The van der Waals surface area contributed by atoms with Crippen molar-refractivity contribution >= 4 is 69.8 Å². The zero-order valence-electron chi connectivity index (χ0n) is 44.6. The number of anilines is 1. The number of piperidine rings is 2. The van der Waals surface area contributed by atoms with E-state index in [4.69, 9.17) is 24.4 Å². The number of likely N-dealkylation sites (tertiary alicyclic amines) is 2. The lowest BCUT2D eigenvalue weighted by Gasteiger charge is -2.46. The van der Waals surface area contributed by atoms with Crippen molar-refractivity contribution in [1.82, 2.24) is 35.7 Å². The quantitative estimate of drug-likeness (QED) is 0.0774. The van der Waals surface area contributed by atoms with Crippen molar-refractivity contribution < 1.29 is 56.8 Å². The van der Waals surface area contributed by atoms with E-state index in [-0.39, 0.29) is 111 Å². The standard InChI is InChI=1S/C57H57F3N10O9S2/c1-5-78-51(73)42-41(26-69-19-16-55(4)54(76)70(29-56(55,77)28-69)34-14-12-32(13-15-34)50(71)72)65-47(67-44(42)36-8-6-10-38(58)30(36)2)49-62-23-35(81-49)27-79-52(74)43-40(25-68-20-17-57(60)33(24-68)22-63-53(57)75)64-46(48-61-18-21-80-48)66-45(43)37-9-7-11-39(59)31(37)3/h6-15,18,21,23,33,44-45,77H,5,16-17,19-20,22,24-29H2,1-4H3,(H,63,75)(H,64,66)(H,65,67)(H,71,72)/t33-,44+,45+,55+,56+,57-/m1/s1. The number of carboxylic acid groups (broad SMARTS) is 1. The van der Waals surface area contributed by atoms with Crippen LogP contribution in [0, 0.1) is 36.8 Å². The molecule has 0 aliphatic carbocycles. The number of β-amino-alcohol motifs (C(OH)–C–C–N with tert-alkyl or cyclic N) is 1. The summed E-state index contributed by atoms with van der Waals surface area (Å²) in [5.74, 6) is -4.65. The third-order valence-electron chi connectivity index (χ3n) is 16.5. The fourth-order valence-electron chi connectivity index (χ4n) is 11.8. The molecule has 4 saturated heterocycles. The zero-order chi connectivity index (χ0) is 57.1. The highest BCUT2D eigenvalue weighted by atomic mass is 32.1. The Labute approximate surface area is 471 Å². The van der Waals surface area contributed by atoms with Gasteiger partial charge in [-0.15, -0.1) is 22.7 Å². The molecule has 6 aliphatic rings. The number of hydrogen-bond donors (Lipinski definition) is 5. The van der Waals surface area contributed by atoms with Crippen molar-refractivity contribution in [3.8, 4) is 0 Å². The van der Waals surface area contributed by atoms with Crippen LogP contribution < -0.4 is 20.9 Å². The number of amides is 2. The number of esters is 2. The second kappa shape index (κ2) is 21.7. The minimum atomic E-state index is -2.00. The first-order chi connectivity index (χ1) is 38.8. The van der Waals surface area contributed by atoms with E-state index in [2.05, 4.69) is 20.9 Å². The number of carbonyl (C=O) groups excluding carboxylic acids is 4. The molecule has 0 radical (unpaired) electrons. The highest BCUT2D eigenvalue weighted by Crippen LogP contribution is 2.49. The Kier molecular flexibility index (Phi) is 14.8. The normalized spacial score (nSPS) is 25.8. The van der Waals surface area contributed by atoms with Gasteiger partial charge < -0.3 is 40.5 Å². The Morgan fingerprint density at radius 3 is 2.05 bits per heavy atom. The second-order valence-corrected chi connectivity index (χ2v) is 23.3. The van der Waals surface area contributed by atoms with Gasteiger partial charge in [0.15, 0.2) is 27.4 Å². The summed E-state index contributed by atoms with van der Waals surface area (Å²) < 4.78 is 58.6. The lowest BCUT2D eigenvalue weighted by molar-refractivity contribution is -0.144. The van der Waals surface area contributed by atoms with Gasteiger partial charge in [-0.2, -0.15) is 0 Å². The molecule has 2 amide bonds. The lowest BCUT2D eigenvalue weighted by Crippen LogP contribution is -2.60. The molecule has 4 fully saturated rings. The number of aromatic carboxylic acids is 1. The van der Waals surface area contributed by atoms with Crippen LogP contribution in [0.2, 0.25) is 0 Å². The van der Waals surface area contributed by atoms with Gasteiger partial charge in [0.1, 0.15) is 35.9 Å². The van der Waals surface area contributed by atoms with Crippen LogP contribution in [-0.4, -0.2) is 142 Å². The van der Waals surface area contributed by atoms with E-state index in [9.17, 15) is 34.2 Å². The number of ether oxygens (including phenoxy) is 2. The number of aromatic nitrogens is 2. The highest BCUT2D eigenvalue weighted by Gasteiger charge is 2.63. The number of carboxylic acids is 1. The van der Waals surface area contributed by atoms with Crippen molar-refractivity contribution in [3.63, 3.8) is 0 Å². The summed E-state index contributed by atoms with van der Waals surface area (Å²) in [5, 5.41) is 33.8. The number of carbonyl (C=O) groups is 5. The van der Waals surface area contributed by atoms with E-state index >= 15 is 13.2 Å². The Morgan fingerprint density at radius 2 is 1.43 bits per heavy atom.